The van der Waals surface area contributed by atoms with Gasteiger partial charge in [0.1, 0.15) is 0 Å². The number of amides is 1. The molecule has 3 nitrogen and oxygen atoms in total. The first-order chi connectivity index (χ1) is 9.70. The van der Waals surface area contributed by atoms with Crippen molar-refractivity contribution in [1.29, 1.82) is 0 Å². The van der Waals surface area contributed by atoms with Crippen LogP contribution in [0, 0.1) is 5.92 Å². The van der Waals surface area contributed by atoms with Crippen molar-refractivity contribution in [3.63, 3.8) is 0 Å². The average molecular weight is 327 g/mol. The molecule has 1 aliphatic carbocycles. The molecule has 2 heterocycles. The van der Waals surface area contributed by atoms with Crippen LogP contribution >= 0.6 is 34.3 Å². The van der Waals surface area contributed by atoms with Crippen LogP contribution in [0.1, 0.15) is 32.1 Å². The standard InChI is InChI=1S/C14H15ClN2OS2/c15-12-6-5-11(20-12)10-8-19-14(16-10)17-13(18)7-9-3-1-2-4-9/h5-6,8-9H,1-4,7H2,(H,16,17,18). The molecule has 0 saturated heterocycles. The average Bonchev–Trinajstić information content (AvgIpc) is 3.10. The number of nitrogens with one attached hydrogen (secondary N) is 1. The summed E-state index contributed by atoms with van der Waals surface area (Å²) in [5.74, 6) is 0.646. The first-order valence-electron chi connectivity index (χ1n) is 6.72. The SMILES string of the molecule is O=C(CC1CCCC1)Nc1nc(-c2ccc(Cl)s2)cs1. The van der Waals surface area contributed by atoms with Crippen LogP contribution in [0.15, 0.2) is 17.5 Å². The molecule has 2 aromatic heterocycles. The summed E-state index contributed by atoms with van der Waals surface area (Å²) in [5.41, 5.74) is 0.878. The molecule has 20 heavy (non-hydrogen) atoms. The van der Waals surface area contributed by atoms with Gasteiger partial charge in [0.25, 0.3) is 0 Å². The van der Waals surface area contributed by atoms with Gasteiger partial charge in [0, 0.05) is 11.8 Å². The Morgan fingerprint density at radius 1 is 1.40 bits per heavy atom. The third-order valence-electron chi connectivity index (χ3n) is 3.53. The molecule has 1 fully saturated rings. The molecule has 0 aliphatic heterocycles. The van der Waals surface area contributed by atoms with Gasteiger partial charge in [-0.3, -0.25) is 4.79 Å². The molecular formula is C14H15ClN2OS2. The van der Waals surface area contributed by atoms with Crippen molar-refractivity contribution in [3.05, 3.63) is 21.8 Å². The molecule has 0 radical (unpaired) electrons. The van der Waals surface area contributed by atoms with Crippen molar-refractivity contribution in [2.45, 2.75) is 32.1 Å². The van der Waals surface area contributed by atoms with E-state index in [0.29, 0.717) is 17.5 Å². The summed E-state index contributed by atoms with van der Waals surface area (Å²) in [7, 11) is 0. The first-order valence-corrected chi connectivity index (χ1v) is 8.79. The quantitative estimate of drug-likeness (QED) is 0.854. The molecular weight excluding hydrogens is 312 g/mol. The number of carbonyl (C=O) groups excluding carboxylic acids is 1. The molecule has 106 valence electrons. The summed E-state index contributed by atoms with van der Waals surface area (Å²) in [6.45, 7) is 0. The van der Waals surface area contributed by atoms with E-state index in [4.69, 9.17) is 11.6 Å². The van der Waals surface area contributed by atoms with Gasteiger partial charge in [-0.25, -0.2) is 4.98 Å². The summed E-state index contributed by atoms with van der Waals surface area (Å²) in [4.78, 5) is 17.4. The van der Waals surface area contributed by atoms with Crippen molar-refractivity contribution in [2.24, 2.45) is 5.92 Å². The van der Waals surface area contributed by atoms with Crippen LogP contribution in [-0.4, -0.2) is 10.9 Å². The van der Waals surface area contributed by atoms with E-state index in [9.17, 15) is 4.79 Å². The molecule has 1 N–H and O–H groups in total. The van der Waals surface area contributed by atoms with E-state index >= 15 is 0 Å². The number of aromatic nitrogens is 1. The molecule has 0 spiro atoms. The number of thiazole rings is 1. The van der Waals surface area contributed by atoms with E-state index < -0.39 is 0 Å². The smallest absolute Gasteiger partial charge is 0.226 e. The largest absolute Gasteiger partial charge is 0.302 e. The molecule has 1 saturated carbocycles. The lowest BCUT2D eigenvalue weighted by molar-refractivity contribution is -0.117. The Labute approximate surface area is 131 Å². The second kappa shape index (κ2) is 6.24. The summed E-state index contributed by atoms with van der Waals surface area (Å²) in [6.07, 6.45) is 5.52. The van der Waals surface area contributed by atoms with E-state index in [2.05, 4.69) is 10.3 Å². The molecule has 1 aliphatic rings. The monoisotopic (exact) mass is 326 g/mol. The van der Waals surface area contributed by atoms with E-state index in [1.165, 1.54) is 48.4 Å². The van der Waals surface area contributed by atoms with Gasteiger partial charge >= 0.3 is 0 Å². The van der Waals surface area contributed by atoms with Crippen LogP contribution < -0.4 is 5.32 Å². The van der Waals surface area contributed by atoms with Crippen LogP contribution in [0.25, 0.3) is 10.6 Å². The van der Waals surface area contributed by atoms with Crippen molar-refractivity contribution in [3.8, 4) is 10.6 Å². The second-order valence-electron chi connectivity index (χ2n) is 5.04. The van der Waals surface area contributed by atoms with Gasteiger partial charge in [-0.2, -0.15) is 0 Å². The van der Waals surface area contributed by atoms with E-state index in [1.807, 2.05) is 17.5 Å². The number of halogens is 1. The zero-order valence-electron chi connectivity index (χ0n) is 10.9. The van der Waals surface area contributed by atoms with Crippen LogP contribution in [0.5, 0.6) is 0 Å². The lowest BCUT2D eigenvalue weighted by Gasteiger charge is -2.07. The minimum absolute atomic E-state index is 0.0852. The summed E-state index contributed by atoms with van der Waals surface area (Å²) >= 11 is 8.88. The fourth-order valence-corrected chi connectivity index (χ4v) is 4.35. The Balaban J connectivity index is 1.60. The van der Waals surface area contributed by atoms with Crippen LogP contribution in [0.3, 0.4) is 0 Å². The van der Waals surface area contributed by atoms with Gasteiger partial charge in [0.15, 0.2) is 5.13 Å². The van der Waals surface area contributed by atoms with Gasteiger partial charge < -0.3 is 5.32 Å². The molecule has 6 heteroatoms. The lowest BCUT2D eigenvalue weighted by atomic mass is 10.0. The summed E-state index contributed by atoms with van der Waals surface area (Å²) in [5, 5.41) is 5.53. The second-order valence-corrected chi connectivity index (χ2v) is 7.62. The minimum Gasteiger partial charge on any atom is -0.302 e. The Morgan fingerprint density at radius 3 is 2.90 bits per heavy atom. The minimum atomic E-state index is 0.0852. The maximum absolute atomic E-state index is 12.0. The molecule has 3 rings (SSSR count). The highest BCUT2D eigenvalue weighted by molar-refractivity contribution is 7.20. The zero-order chi connectivity index (χ0) is 13.9. The van der Waals surface area contributed by atoms with Gasteiger partial charge in [-0.1, -0.05) is 24.4 Å². The van der Waals surface area contributed by atoms with Crippen molar-refractivity contribution < 1.29 is 4.79 Å². The van der Waals surface area contributed by atoms with Crippen molar-refractivity contribution >= 4 is 45.3 Å². The summed E-state index contributed by atoms with van der Waals surface area (Å²) in [6, 6.07) is 3.81. The number of nitrogens with zero attached hydrogens (tertiary/aromatic N) is 1. The molecule has 0 bridgehead atoms. The number of hydrogen-bond donors (Lipinski definition) is 1. The van der Waals surface area contributed by atoms with Crippen LogP contribution in [0.4, 0.5) is 5.13 Å². The highest BCUT2D eigenvalue weighted by Crippen LogP contribution is 2.33. The van der Waals surface area contributed by atoms with E-state index in [-0.39, 0.29) is 5.91 Å². The molecule has 0 aromatic carbocycles. The van der Waals surface area contributed by atoms with Crippen LogP contribution in [-0.2, 0) is 4.79 Å². The number of carbonyl (C=O) groups is 1. The molecule has 2 aromatic rings. The number of thiophene rings is 1. The molecule has 1 amide bonds. The van der Waals surface area contributed by atoms with Crippen LogP contribution in [0.2, 0.25) is 4.34 Å². The first kappa shape index (κ1) is 14.0. The predicted molar refractivity (Wildman–Crippen MR) is 85.6 cm³/mol. The van der Waals surface area contributed by atoms with Gasteiger partial charge in [0.05, 0.1) is 14.9 Å². The third-order valence-corrected chi connectivity index (χ3v) is 5.54. The Morgan fingerprint density at radius 2 is 2.20 bits per heavy atom. The van der Waals surface area contributed by atoms with E-state index in [0.717, 1.165) is 14.9 Å². The Bertz CT molecular complexity index is 602. The van der Waals surface area contributed by atoms with Gasteiger partial charge in [0.2, 0.25) is 5.91 Å². The van der Waals surface area contributed by atoms with Crippen molar-refractivity contribution in [2.75, 3.05) is 5.32 Å². The third kappa shape index (κ3) is 3.40. The predicted octanol–water partition coefficient (Wildman–Crippen LogP) is 5.04. The zero-order valence-corrected chi connectivity index (χ0v) is 13.3. The highest BCUT2D eigenvalue weighted by atomic mass is 35.5. The van der Waals surface area contributed by atoms with Gasteiger partial charge in [-0.15, -0.1) is 22.7 Å². The normalized spacial score (nSPS) is 15.7. The molecule has 0 unspecified atom stereocenters. The fourth-order valence-electron chi connectivity index (χ4n) is 2.54. The van der Waals surface area contributed by atoms with Gasteiger partial charge in [-0.05, 0) is 30.9 Å². The maximum Gasteiger partial charge on any atom is 0.226 e. The topological polar surface area (TPSA) is 42.0 Å². The Kier molecular flexibility index (Phi) is 4.38. The number of anilines is 1. The maximum atomic E-state index is 12.0. The summed E-state index contributed by atoms with van der Waals surface area (Å²) < 4.78 is 0.750. The van der Waals surface area contributed by atoms with E-state index in [1.54, 1.807) is 0 Å². The van der Waals surface area contributed by atoms with Crippen molar-refractivity contribution in [1.82, 2.24) is 4.98 Å². The number of hydrogen-bond acceptors (Lipinski definition) is 4. The Hall–Kier alpha value is -0.910. The lowest BCUT2D eigenvalue weighted by Crippen LogP contribution is -2.14. The highest BCUT2D eigenvalue weighted by Gasteiger charge is 2.19. The fraction of sp³-hybridized carbons (Fsp3) is 0.429. The molecule has 0 atom stereocenters. The number of rotatable bonds is 4.